The highest BCUT2D eigenvalue weighted by Gasteiger charge is 2.17. The lowest BCUT2D eigenvalue weighted by atomic mass is 10.1. The van der Waals surface area contributed by atoms with Crippen molar-refractivity contribution < 1.29 is 9.15 Å². The van der Waals surface area contributed by atoms with Crippen LogP contribution in [0.2, 0.25) is 0 Å². The van der Waals surface area contributed by atoms with E-state index in [4.69, 9.17) is 14.1 Å². The van der Waals surface area contributed by atoms with Crippen LogP contribution in [-0.2, 0) is 0 Å². The SMILES string of the molecule is COc1cccc(-c2ccc(-c3nc4c5cccnc5c5ncccc5c4[nH]3)o2)c1. The van der Waals surface area contributed by atoms with E-state index in [1.807, 2.05) is 60.7 Å². The molecule has 2 aromatic carbocycles. The highest BCUT2D eigenvalue weighted by molar-refractivity contribution is 6.20. The van der Waals surface area contributed by atoms with Crippen LogP contribution < -0.4 is 4.74 Å². The van der Waals surface area contributed by atoms with Crippen LogP contribution in [0.15, 0.2) is 77.5 Å². The number of nitrogens with one attached hydrogen (secondary N) is 1. The van der Waals surface area contributed by atoms with Gasteiger partial charge in [-0.05, 0) is 48.5 Å². The Labute approximate surface area is 171 Å². The zero-order valence-corrected chi connectivity index (χ0v) is 16.1. The van der Waals surface area contributed by atoms with Gasteiger partial charge in [0, 0.05) is 28.7 Å². The smallest absolute Gasteiger partial charge is 0.174 e. The van der Waals surface area contributed by atoms with Crippen LogP contribution in [0, 0.1) is 0 Å². The minimum Gasteiger partial charge on any atom is -0.497 e. The van der Waals surface area contributed by atoms with Gasteiger partial charge in [0.25, 0.3) is 0 Å². The summed E-state index contributed by atoms with van der Waals surface area (Å²) in [7, 11) is 1.65. The molecule has 4 heterocycles. The molecule has 0 aliphatic heterocycles. The lowest BCUT2D eigenvalue weighted by molar-refractivity contribution is 0.415. The van der Waals surface area contributed by atoms with Crippen LogP contribution in [-0.4, -0.2) is 27.0 Å². The maximum absolute atomic E-state index is 6.13. The standard InChI is InChI=1S/C24H16N4O2/c1-29-15-6-2-5-14(13-15)18-9-10-19(30-18)24-27-22-16-7-3-11-25-20(16)21-17(23(22)28-24)8-4-12-26-21/h2-13H,1H3,(H,27,28). The number of furan rings is 1. The maximum atomic E-state index is 6.13. The first kappa shape index (κ1) is 16.7. The molecule has 6 nitrogen and oxygen atoms in total. The van der Waals surface area contributed by atoms with Crippen LogP contribution in [0.3, 0.4) is 0 Å². The van der Waals surface area contributed by atoms with Crippen molar-refractivity contribution in [2.24, 2.45) is 0 Å². The van der Waals surface area contributed by atoms with E-state index >= 15 is 0 Å². The van der Waals surface area contributed by atoms with Crippen LogP contribution in [0.25, 0.3) is 55.7 Å². The first-order valence-electron chi connectivity index (χ1n) is 9.57. The van der Waals surface area contributed by atoms with E-state index in [0.29, 0.717) is 11.6 Å². The monoisotopic (exact) mass is 392 g/mol. The number of rotatable bonds is 3. The second-order valence-electron chi connectivity index (χ2n) is 7.00. The van der Waals surface area contributed by atoms with Crippen molar-refractivity contribution in [3.05, 3.63) is 73.1 Å². The lowest BCUT2D eigenvalue weighted by Gasteiger charge is -2.03. The number of benzene rings is 2. The first-order valence-corrected chi connectivity index (χ1v) is 9.57. The zero-order chi connectivity index (χ0) is 20.1. The van der Waals surface area contributed by atoms with Crippen LogP contribution >= 0.6 is 0 Å². The Morgan fingerprint density at radius 2 is 1.57 bits per heavy atom. The Bertz CT molecular complexity index is 1470. The molecule has 144 valence electrons. The lowest BCUT2D eigenvalue weighted by Crippen LogP contribution is -1.86. The number of hydrogen-bond donors (Lipinski definition) is 1. The number of aromatic nitrogens is 4. The van der Waals surface area contributed by atoms with E-state index in [1.54, 1.807) is 19.5 Å². The Hall–Kier alpha value is -4.19. The normalized spacial score (nSPS) is 11.5. The Balaban J connectivity index is 1.55. The fourth-order valence-electron chi connectivity index (χ4n) is 3.86. The molecule has 1 N–H and O–H groups in total. The third-order valence-corrected chi connectivity index (χ3v) is 5.26. The quantitative estimate of drug-likeness (QED) is 0.397. The molecule has 6 rings (SSSR count). The fraction of sp³-hybridized carbons (Fsp3) is 0.0417. The van der Waals surface area contributed by atoms with Gasteiger partial charge >= 0.3 is 0 Å². The molecular weight excluding hydrogens is 376 g/mol. The van der Waals surface area contributed by atoms with Gasteiger partial charge in [-0.3, -0.25) is 9.97 Å². The Kier molecular flexibility index (Phi) is 3.58. The molecule has 0 spiro atoms. The molecule has 0 unspecified atom stereocenters. The van der Waals surface area contributed by atoms with Gasteiger partial charge in [0.2, 0.25) is 0 Å². The minimum absolute atomic E-state index is 0.665. The number of ether oxygens (including phenoxy) is 1. The van der Waals surface area contributed by atoms with Crippen molar-refractivity contribution in [1.29, 1.82) is 0 Å². The second-order valence-corrected chi connectivity index (χ2v) is 7.00. The van der Waals surface area contributed by atoms with E-state index in [9.17, 15) is 0 Å². The van der Waals surface area contributed by atoms with Gasteiger partial charge in [-0.2, -0.15) is 0 Å². The van der Waals surface area contributed by atoms with Crippen LogP contribution in [0.4, 0.5) is 0 Å². The van der Waals surface area contributed by atoms with Crippen molar-refractivity contribution in [2.45, 2.75) is 0 Å². The minimum atomic E-state index is 0.665. The van der Waals surface area contributed by atoms with E-state index in [2.05, 4.69) is 15.0 Å². The summed E-state index contributed by atoms with van der Waals surface area (Å²) in [5.74, 6) is 2.87. The summed E-state index contributed by atoms with van der Waals surface area (Å²) in [4.78, 5) is 17.4. The fourth-order valence-corrected chi connectivity index (χ4v) is 3.86. The number of fused-ring (bicyclic) bond motifs is 6. The number of methoxy groups -OCH3 is 1. The highest BCUT2D eigenvalue weighted by Crippen LogP contribution is 2.35. The first-order chi connectivity index (χ1) is 14.8. The average molecular weight is 392 g/mol. The molecule has 0 aliphatic rings. The van der Waals surface area contributed by atoms with E-state index in [1.165, 1.54) is 0 Å². The molecule has 0 atom stereocenters. The summed E-state index contributed by atoms with van der Waals surface area (Å²) in [5, 5.41) is 1.94. The van der Waals surface area contributed by atoms with Gasteiger partial charge in [0.05, 0.1) is 29.2 Å². The van der Waals surface area contributed by atoms with Crippen molar-refractivity contribution in [1.82, 2.24) is 19.9 Å². The Morgan fingerprint density at radius 3 is 2.40 bits per heavy atom. The van der Waals surface area contributed by atoms with Gasteiger partial charge < -0.3 is 14.1 Å². The molecule has 0 amide bonds. The van der Waals surface area contributed by atoms with Crippen LogP contribution in [0.1, 0.15) is 0 Å². The molecule has 6 aromatic rings. The number of H-pyrrole nitrogens is 1. The van der Waals surface area contributed by atoms with E-state index < -0.39 is 0 Å². The molecule has 0 fully saturated rings. The number of imidazole rings is 1. The van der Waals surface area contributed by atoms with E-state index in [0.717, 1.165) is 49.9 Å². The van der Waals surface area contributed by atoms with Crippen molar-refractivity contribution in [3.8, 4) is 28.7 Å². The second kappa shape index (κ2) is 6.42. The van der Waals surface area contributed by atoms with E-state index in [-0.39, 0.29) is 0 Å². The average Bonchev–Trinajstić information content (AvgIpc) is 3.47. The molecule has 0 radical (unpaired) electrons. The molecule has 6 heteroatoms. The highest BCUT2D eigenvalue weighted by atomic mass is 16.5. The molecule has 4 aromatic heterocycles. The van der Waals surface area contributed by atoms with Crippen LogP contribution in [0.5, 0.6) is 5.75 Å². The number of nitrogens with zero attached hydrogens (tertiary/aromatic N) is 3. The van der Waals surface area contributed by atoms with Gasteiger partial charge in [0.1, 0.15) is 11.5 Å². The topological polar surface area (TPSA) is 76.8 Å². The van der Waals surface area contributed by atoms with Gasteiger partial charge in [-0.15, -0.1) is 0 Å². The summed E-state index contributed by atoms with van der Waals surface area (Å²) in [6.45, 7) is 0. The summed E-state index contributed by atoms with van der Waals surface area (Å²) in [5.41, 5.74) is 4.42. The third kappa shape index (κ3) is 2.47. The maximum Gasteiger partial charge on any atom is 0.174 e. The predicted octanol–water partition coefficient (Wildman–Crippen LogP) is 5.59. The zero-order valence-electron chi connectivity index (χ0n) is 16.1. The van der Waals surface area contributed by atoms with Crippen molar-refractivity contribution >= 4 is 32.8 Å². The van der Waals surface area contributed by atoms with Gasteiger partial charge in [-0.1, -0.05) is 12.1 Å². The summed E-state index contributed by atoms with van der Waals surface area (Å²) in [6, 6.07) is 19.5. The summed E-state index contributed by atoms with van der Waals surface area (Å²) in [6.07, 6.45) is 3.56. The third-order valence-electron chi connectivity index (χ3n) is 5.26. The molecule has 0 saturated carbocycles. The number of aromatic amines is 1. The summed E-state index contributed by atoms with van der Waals surface area (Å²) < 4.78 is 11.4. The molecular formula is C24H16N4O2. The summed E-state index contributed by atoms with van der Waals surface area (Å²) >= 11 is 0. The number of hydrogen-bond acceptors (Lipinski definition) is 5. The van der Waals surface area contributed by atoms with Gasteiger partial charge in [0.15, 0.2) is 11.6 Å². The van der Waals surface area contributed by atoms with Crippen molar-refractivity contribution in [3.63, 3.8) is 0 Å². The Morgan fingerprint density at radius 1 is 0.800 bits per heavy atom. The molecule has 0 aliphatic carbocycles. The van der Waals surface area contributed by atoms with Gasteiger partial charge in [-0.25, -0.2) is 4.98 Å². The van der Waals surface area contributed by atoms with Crippen molar-refractivity contribution in [2.75, 3.05) is 7.11 Å². The molecule has 30 heavy (non-hydrogen) atoms. The number of pyridine rings is 2. The molecule has 0 saturated heterocycles. The largest absolute Gasteiger partial charge is 0.497 e. The molecule has 0 bridgehead atoms. The predicted molar refractivity (Wildman–Crippen MR) is 116 cm³/mol.